The molecule has 0 unspecified atom stereocenters. The number of barbiturate groups is 1. The van der Waals surface area contributed by atoms with Gasteiger partial charge in [0.1, 0.15) is 22.9 Å². The van der Waals surface area contributed by atoms with Gasteiger partial charge in [-0.15, -0.1) is 0 Å². The van der Waals surface area contributed by atoms with Crippen molar-refractivity contribution >= 4 is 29.9 Å². The van der Waals surface area contributed by atoms with Gasteiger partial charge in [-0.05, 0) is 55.0 Å². The van der Waals surface area contributed by atoms with Crippen molar-refractivity contribution in [3.63, 3.8) is 0 Å². The van der Waals surface area contributed by atoms with Crippen LogP contribution in [0.3, 0.4) is 0 Å². The van der Waals surface area contributed by atoms with Crippen LogP contribution in [0.25, 0.3) is 17.4 Å². The molecule has 0 bridgehead atoms. The number of benzene rings is 1. The topological polar surface area (TPSA) is 119 Å². The first-order chi connectivity index (χ1) is 15.4. The van der Waals surface area contributed by atoms with Crippen LogP contribution in [0.4, 0.5) is 4.79 Å². The number of carbonyl (C=O) groups excluding carboxylic acids is 4. The van der Waals surface area contributed by atoms with Crippen molar-refractivity contribution in [2.45, 2.75) is 13.5 Å². The minimum absolute atomic E-state index is 0.120. The number of rotatable bonds is 5. The zero-order valence-corrected chi connectivity index (χ0v) is 17.2. The Hall–Kier alpha value is -4.40. The average Bonchev–Trinajstić information content (AvgIpc) is 3.46. The Balaban J connectivity index is 1.63. The largest absolute Gasteiger partial charge is 0.467 e. The van der Waals surface area contributed by atoms with Crippen LogP contribution in [0.2, 0.25) is 0 Å². The normalized spacial score (nSPS) is 15.2. The monoisotopic (exact) mass is 434 g/mol. The van der Waals surface area contributed by atoms with Crippen LogP contribution in [-0.2, 0) is 20.9 Å². The standard InChI is InChI=1S/C23H18N2O7/c1-13-5-6-14(22(28)30-2)10-17(13)19-8-7-15(32-19)11-18-20(26)24-23(29)25(21(18)27)12-16-4-3-9-31-16/h3-11H,12H2,1-2H3,(H,24,26,29)/b18-11+. The van der Waals surface area contributed by atoms with Crippen molar-refractivity contribution in [2.75, 3.05) is 7.11 Å². The first kappa shape index (κ1) is 20.9. The number of amides is 4. The fourth-order valence-electron chi connectivity index (χ4n) is 3.25. The van der Waals surface area contributed by atoms with Crippen molar-refractivity contribution in [3.8, 4) is 11.3 Å². The molecule has 3 aromatic rings. The third kappa shape index (κ3) is 3.95. The summed E-state index contributed by atoms with van der Waals surface area (Å²) in [7, 11) is 1.30. The van der Waals surface area contributed by atoms with E-state index in [1.165, 1.54) is 19.4 Å². The van der Waals surface area contributed by atoms with Crippen molar-refractivity contribution in [1.82, 2.24) is 10.2 Å². The highest BCUT2D eigenvalue weighted by Gasteiger charge is 2.36. The number of carbonyl (C=O) groups is 4. The van der Waals surface area contributed by atoms with E-state index in [2.05, 4.69) is 5.32 Å². The van der Waals surface area contributed by atoms with Gasteiger partial charge in [0.05, 0.1) is 25.5 Å². The van der Waals surface area contributed by atoms with Crippen molar-refractivity contribution < 1.29 is 32.7 Å². The molecule has 0 atom stereocenters. The van der Waals surface area contributed by atoms with Crippen LogP contribution in [0, 0.1) is 6.92 Å². The molecule has 1 fully saturated rings. The maximum Gasteiger partial charge on any atom is 0.337 e. The summed E-state index contributed by atoms with van der Waals surface area (Å²) in [6.07, 6.45) is 2.69. The highest BCUT2D eigenvalue weighted by atomic mass is 16.5. The van der Waals surface area contributed by atoms with Crippen LogP contribution in [0.15, 0.2) is 63.1 Å². The summed E-state index contributed by atoms with van der Waals surface area (Å²) in [5.74, 6) is -1.01. The fourth-order valence-corrected chi connectivity index (χ4v) is 3.25. The van der Waals surface area contributed by atoms with E-state index in [-0.39, 0.29) is 17.9 Å². The zero-order chi connectivity index (χ0) is 22.8. The number of urea groups is 1. The van der Waals surface area contributed by atoms with Gasteiger partial charge in [-0.1, -0.05) is 6.07 Å². The third-order valence-corrected chi connectivity index (χ3v) is 4.92. The average molecular weight is 434 g/mol. The Bertz CT molecular complexity index is 1250. The molecule has 0 saturated carbocycles. The van der Waals surface area contributed by atoms with E-state index in [1.807, 2.05) is 6.92 Å². The van der Waals surface area contributed by atoms with Gasteiger partial charge in [0, 0.05) is 5.56 Å². The maximum atomic E-state index is 12.8. The van der Waals surface area contributed by atoms with Crippen molar-refractivity contribution in [1.29, 1.82) is 0 Å². The first-order valence-electron chi connectivity index (χ1n) is 9.58. The van der Waals surface area contributed by atoms with E-state index in [4.69, 9.17) is 13.6 Å². The van der Waals surface area contributed by atoms with E-state index < -0.39 is 23.8 Å². The summed E-state index contributed by atoms with van der Waals surface area (Å²) in [6, 6.07) is 10.7. The second-order valence-electron chi connectivity index (χ2n) is 7.01. The van der Waals surface area contributed by atoms with E-state index in [1.54, 1.807) is 42.5 Å². The number of aryl methyl sites for hydroxylation is 1. The minimum Gasteiger partial charge on any atom is -0.467 e. The number of imide groups is 2. The lowest BCUT2D eigenvalue weighted by molar-refractivity contribution is -0.130. The number of nitrogens with zero attached hydrogens (tertiary/aromatic N) is 1. The minimum atomic E-state index is -0.830. The Morgan fingerprint density at radius 3 is 2.69 bits per heavy atom. The fraction of sp³-hybridized carbons (Fsp3) is 0.130. The molecular formula is C23H18N2O7. The van der Waals surface area contributed by atoms with Crippen LogP contribution >= 0.6 is 0 Å². The molecular weight excluding hydrogens is 416 g/mol. The van der Waals surface area contributed by atoms with Gasteiger partial charge in [0.15, 0.2) is 0 Å². The molecule has 0 spiro atoms. The van der Waals surface area contributed by atoms with Crippen LogP contribution in [-0.4, -0.2) is 35.8 Å². The maximum absolute atomic E-state index is 12.8. The Morgan fingerprint density at radius 2 is 1.97 bits per heavy atom. The molecule has 1 aliphatic rings. The molecule has 1 aliphatic heterocycles. The summed E-state index contributed by atoms with van der Waals surface area (Å²) in [6.45, 7) is 1.73. The smallest absolute Gasteiger partial charge is 0.337 e. The molecule has 1 N–H and O–H groups in total. The SMILES string of the molecule is COC(=O)c1ccc(C)c(-c2ccc(/C=C3\C(=O)NC(=O)N(Cc4ccco4)C3=O)o2)c1. The summed E-state index contributed by atoms with van der Waals surface area (Å²) in [4.78, 5) is 49.9. The number of furan rings is 2. The second-order valence-corrected chi connectivity index (χ2v) is 7.01. The van der Waals surface area contributed by atoms with Crippen molar-refractivity contribution in [2.24, 2.45) is 0 Å². The second kappa shape index (κ2) is 8.38. The molecule has 9 nitrogen and oxygen atoms in total. The molecule has 3 heterocycles. The van der Waals surface area contributed by atoms with E-state index in [0.29, 0.717) is 22.6 Å². The lowest BCUT2D eigenvalue weighted by atomic mass is 10.0. The molecule has 162 valence electrons. The first-order valence-corrected chi connectivity index (χ1v) is 9.58. The van der Waals surface area contributed by atoms with Gasteiger partial charge in [0.25, 0.3) is 11.8 Å². The van der Waals surface area contributed by atoms with Gasteiger partial charge in [-0.2, -0.15) is 0 Å². The van der Waals surface area contributed by atoms with Crippen LogP contribution < -0.4 is 5.32 Å². The van der Waals surface area contributed by atoms with E-state index >= 15 is 0 Å². The van der Waals surface area contributed by atoms with Gasteiger partial charge in [-0.3, -0.25) is 19.8 Å². The Kier molecular flexibility index (Phi) is 5.46. The number of nitrogens with one attached hydrogen (secondary N) is 1. The Labute approximate surface area is 182 Å². The lowest BCUT2D eigenvalue weighted by Gasteiger charge is -2.25. The Morgan fingerprint density at radius 1 is 1.16 bits per heavy atom. The molecule has 9 heteroatoms. The van der Waals surface area contributed by atoms with Crippen molar-refractivity contribution in [3.05, 3.63) is 76.9 Å². The molecule has 1 aromatic carbocycles. The highest BCUT2D eigenvalue weighted by molar-refractivity contribution is 6.30. The molecule has 4 amide bonds. The number of ether oxygens (including phenoxy) is 1. The van der Waals surface area contributed by atoms with E-state index in [9.17, 15) is 19.2 Å². The summed E-state index contributed by atoms with van der Waals surface area (Å²) >= 11 is 0. The summed E-state index contributed by atoms with van der Waals surface area (Å²) in [5, 5.41) is 2.14. The third-order valence-electron chi connectivity index (χ3n) is 4.92. The lowest BCUT2D eigenvalue weighted by Crippen LogP contribution is -2.53. The molecule has 2 aromatic heterocycles. The molecule has 0 aliphatic carbocycles. The van der Waals surface area contributed by atoms with Crippen LogP contribution in [0.5, 0.6) is 0 Å². The van der Waals surface area contributed by atoms with Gasteiger partial charge < -0.3 is 13.6 Å². The van der Waals surface area contributed by atoms with Gasteiger partial charge >= 0.3 is 12.0 Å². The molecule has 4 rings (SSSR count). The van der Waals surface area contributed by atoms with Crippen LogP contribution in [0.1, 0.15) is 27.4 Å². The predicted molar refractivity (Wildman–Crippen MR) is 111 cm³/mol. The molecule has 1 saturated heterocycles. The quantitative estimate of drug-likeness (QED) is 0.372. The number of hydrogen-bond acceptors (Lipinski definition) is 7. The number of esters is 1. The molecule has 0 radical (unpaired) electrons. The highest BCUT2D eigenvalue weighted by Crippen LogP contribution is 2.28. The molecule has 32 heavy (non-hydrogen) atoms. The number of hydrogen-bond donors (Lipinski definition) is 1. The zero-order valence-electron chi connectivity index (χ0n) is 17.2. The van der Waals surface area contributed by atoms with Gasteiger partial charge in [-0.25, -0.2) is 9.59 Å². The van der Waals surface area contributed by atoms with E-state index in [0.717, 1.165) is 10.5 Å². The summed E-state index contributed by atoms with van der Waals surface area (Å²) in [5.41, 5.74) is 1.62. The summed E-state index contributed by atoms with van der Waals surface area (Å²) < 4.78 is 15.7. The predicted octanol–water partition coefficient (Wildman–Crippen LogP) is 3.30. The number of methoxy groups -OCH3 is 1. The van der Waals surface area contributed by atoms with Gasteiger partial charge in [0.2, 0.25) is 0 Å².